The molecule has 0 N–H and O–H groups in total. The molecular formula is C24H34N2O4. The maximum Gasteiger partial charge on any atom is 0.277 e. The number of amides is 2. The number of methoxy groups -OCH3 is 1. The van der Waals surface area contributed by atoms with Gasteiger partial charge in [-0.2, -0.15) is 0 Å². The van der Waals surface area contributed by atoms with E-state index in [1.807, 2.05) is 24.3 Å². The third-order valence-electron chi connectivity index (χ3n) is 5.67. The van der Waals surface area contributed by atoms with Crippen molar-refractivity contribution in [1.29, 1.82) is 0 Å². The number of rotatable bonds is 9. The lowest BCUT2D eigenvalue weighted by atomic mass is 9.91. The molecule has 0 aliphatic carbocycles. The Bertz CT molecular complexity index is 777. The Balaban J connectivity index is 1.95. The smallest absolute Gasteiger partial charge is 0.277 e. The van der Waals surface area contributed by atoms with Gasteiger partial charge in [-0.3, -0.25) is 14.5 Å². The lowest BCUT2D eigenvalue weighted by molar-refractivity contribution is -0.137. The highest BCUT2D eigenvalue weighted by Crippen LogP contribution is 2.35. The Labute approximate surface area is 179 Å². The fourth-order valence-corrected chi connectivity index (χ4v) is 4.47. The number of hydrogen-bond acceptors (Lipinski definition) is 5. The van der Waals surface area contributed by atoms with Crippen LogP contribution in [0.25, 0.3) is 5.57 Å². The van der Waals surface area contributed by atoms with E-state index in [-0.39, 0.29) is 11.8 Å². The highest BCUT2D eigenvalue weighted by molar-refractivity contribution is 6.35. The molecular weight excluding hydrogens is 380 g/mol. The van der Waals surface area contributed by atoms with Crippen LogP contribution >= 0.6 is 0 Å². The van der Waals surface area contributed by atoms with Crippen LogP contribution in [0, 0.1) is 11.8 Å². The molecule has 0 radical (unpaired) electrons. The fourth-order valence-electron chi connectivity index (χ4n) is 4.47. The first-order chi connectivity index (χ1) is 14.5. The summed E-state index contributed by atoms with van der Waals surface area (Å²) in [6.45, 7) is 9.62. The predicted octanol–water partition coefficient (Wildman–Crippen LogP) is 3.57. The van der Waals surface area contributed by atoms with Gasteiger partial charge in [0, 0.05) is 33.4 Å². The van der Waals surface area contributed by atoms with Gasteiger partial charge in [-0.1, -0.05) is 32.9 Å². The predicted molar refractivity (Wildman–Crippen MR) is 117 cm³/mol. The van der Waals surface area contributed by atoms with Gasteiger partial charge in [0.05, 0.1) is 12.2 Å². The number of likely N-dealkylation sites (tertiary alicyclic amines) is 1. The third kappa shape index (κ3) is 4.86. The van der Waals surface area contributed by atoms with E-state index in [9.17, 15) is 9.59 Å². The minimum atomic E-state index is -0.209. The molecule has 2 aliphatic rings. The van der Waals surface area contributed by atoms with Crippen molar-refractivity contribution in [3.8, 4) is 5.75 Å². The molecule has 1 aromatic rings. The standard InChI is InChI=1S/C24H34N2O4/c1-5-12-30-20-9-7-19(8-10-20)21-22(25-15-17(2)14-18(3)16-25)24(28)26(23(21)27)11-6-13-29-4/h7-10,17-18H,5-6,11-16H2,1-4H3. The summed E-state index contributed by atoms with van der Waals surface area (Å²) < 4.78 is 10.8. The number of carbonyl (C=O) groups is 2. The van der Waals surface area contributed by atoms with Gasteiger partial charge in [0.25, 0.3) is 11.8 Å². The van der Waals surface area contributed by atoms with Crippen molar-refractivity contribution in [3.05, 3.63) is 35.5 Å². The van der Waals surface area contributed by atoms with E-state index in [0.717, 1.165) is 37.2 Å². The van der Waals surface area contributed by atoms with Gasteiger partial charge < -0.3 is 14.4 Å². The number of hydrogen-bond donors (Lipinski definition) is 0. The Hall–Kier alpha value is -2.34. The number of benzene rings is 1. The second kappa shape index (κ2) is 10.1. The molecule has 3 rings (SSSR count). The van der Waals surface area contributed by atoms with Crippen LogP contribution in [0.2, 0.25) is 0 Å². The van der Waals surface area contributed by atoms with Gasteiger partial charge in [0.15, 0.2) is 0 Å². The van der Waals surface area contributed by atoms with Crippen LogP contribution < -0.4 is 4.74 Å². The highest BCUT2D eigenvalue weighted by Gasteiger charge is 2.42. The zero-order valence-corrected chi connectivity index (χ0v) is 18.6. The molecule has 2 atom stereocenters. The van der Waals surface area contributed by atoms with E-state index in [1.165, 1.54) is 4.90 Å². The van der Waals surface area contributed by atoms with Crippen LogP contribution in [0.3, 0.4) is 0 Å². The lowest BCUT2D eigenvalue weighted by Gasteiger charge is -2.37. The first-order valence-electron chi connectivity index (χ1n) is 11.0. The van der Waals surface area contributed by atoms with Crippen LogP contribution in [0.1, 0.15) is 45.6 Å². The number of nitrogens with zero attached hydrogens (tertiary/aromatic N) is 2. The van der Waals surface area contributed by atoms with Crippen molar-refractivity contribution < 1.29 is 19.1 Å². The number of ether oxygens (including phenoxy) is 2. The average molecular weight is 415 g/mol. The molecule has 6 nitrogen and oxygen atoms in total. The fraction of sp³-hybridized carbons (Fsp3) is 0.583. The number of piperidine rings is 1. The van der Waals surface area contributed by atoms with Crippen molar-refractivity contribution in [2.45, 2.75) is 40.0 Å². The monoisotopic (exact) mass is 414 g/mol. The molecule has 2 unspecified atom stereocenters. The zero-order chi connectivity index (χ0) is 21.7. The van der Waals surface area contributed by atoms with E-state index >= 15 is 0 Å². The van der Waals surface area contributed by atoms with Gasteiger partial charge >= 0.3 is 0 Å². The first-order valence-corrected chi connectivity index (χ1v) is 11.0. The van der Waals surface area contributed by atoms with E-state index in [4.69, 9.17) is 9.47 Å². The molecule has 0 bridgehead atoms. The zero-order valence-electron chi connectivity index (χ0n) is 18.6. The highest BCUT2D eigenvalue weighted by atomic mass is 16.5. The maximum atomic E-state index is 13.4. The van der Waals surface area contributed by atoms with E-state index < -0.39 is 0 Å². The SMILES string of the molecule is CCCOc1ccc(C2=C(N3CC(C)CC(C)C3)C(=O)N(CCCOC)C2=O)cc1. The molecule has 0 saturated carbocycles. The summed E-state index contributed by atoms with van der Waals surface area (Å²) in [4.78, 5) is 30.2. The van der Waals surface area contributed by atoms with E-state index in [2.05, 4.69) is 25.7 Å². The minimum absolute atomic E-state index is 0.182. The molecule has 30 heavy (non-hydrogen) atoms. The van der Waals surface area contributed by atoms with E-state index in [1.54, 1.807) is 7.11 Å². The summed E-state index contributed by atoms with van der Waals surface area (Å²) in [5.74, 6) is 1.35. The maximum absolute atomic E-state index is 13.4. The Kier molecular flexibility index (Phi) is 7.53. The Morgan fingerprint density at radius 1 is 1.00 bits per heavy atom. The molecule has 2 heterocycles. The second-order valence-corrected chi connectivity index (χ2v) is 8.56. The molecule has 6 heteroatoms. The molecule has 0 aromatic heterocycles. The van der Waals surface area contributed by atoms with Crippen LogP contribution in [-0.2, 0) is 14.3 Å². The van der Waals surface area contributed by atoms with Crippen molar-refractivity contribution >= 4 is 17.4 Å². The van der Waals surface area contributed by atoms with Gasteiger partial charge in [-0.25, -0.2) is 0 Å². The van der Waals surface area contributed by atoms with Crippen LogP contribution in [0.4, 0.5) is 0 Å². The molecule has 1 fully saturated rings. The molecule has 2 amide bonds. The van der Waals surface area contributed by atoms with Gasteiger partial charge in [-0.05, 0) is 48.8 Å². The summed E-state index contributed by atoms with van der Waals surface area (Å²) >= 11 is 0. The first kappa shape index (κ1) is 22.3. The van der Waals surface area contributed by atoms with Crippen molar-refractivity contribution in [2.24, 2.45) is 11.8 Å². The summed E-state index contributed by atoms with van der Waals surface area (Å²) in [5.41, 5.74) is 1.84. The van der Waals surface area contributed by atoms with E-state index in [0.29, 0.717) is 49.3 Å². The van der Waals surface area contributed by atoms with Gasteiger partial charge in [0.1, 0.15) is 11.4 Å². The summed E-state index contributed by atoms with van der Waals surface area (Å²) in [6.07, 6.45) is 2.71. The van der Waals surface area contributed by atoms with Crippen LogP contribution in [-0.4, -0.2) is 61.6 Å². The molecule has 1 aromatic carbocycles. The number of imide groups is 1. The number of carbonyl (C=O) groups excluding carboxylic acids is 2. The lowest BCUT2D eigenvalue weighted by Crippen LogP contribution is -2.42. The molecule has 0 spiro atoms. The Morgan fingerprint density at radius 2 is 1.67 bits per heavy atom. The van der Waals surface area contributed by atoms with Crippen LogP contribution in [0.5, 0.6) is 5.75 Å². The third-order valence-corrected chi connectivity index (χ3v) is 5.67. The van der Waals surface area contributed by atoms with Crippen molar-refractivity contribution in [3.63, 3.8) is 0 Å². The van der Waals surface area contributed by atoms with Gasteiger partial charge in [0.2, 0.25) is 0 Å². The quantitative estimate of drug-likeness (QED) is 0.457. The summed E-state index contributed by atoms with van der Waals surface area (Å²) in [6, 6.07) is 7.53. The van der Waals surface area contributed by atoms with Crippen molar-refractivity contribution in [1.82, 2.24) is 9.80 Å². The average Bonchev–Trinajstić information content (AvgIpc) is 2.97. The normalized spacial score (nSPS) is 22.3. The molecule has 2 aliphatic heterocycles. The van der Waals surface area contributed by atoms with Crippen LogP contribution in [0.15, 0.2) is 30.0 Å². The van der Waals surface area contributed by atoms with Gasteiger partial charge in [-0.15, -0.1) is 0 Å². The largest absolute Gasteiger partial charge is 0.494 e. The minimum Gasteiger partial charge on any atom is -0.494 e. The van der Waals surface area contributed by atoms with Crippen molar-refractivity contribution in [2.75, 3.05) is 40.0 Å². The molecule has 1 saturated heterocycles. The topological polar surface area (TPSA) is 59.1 Å². The second-order valence-electron chi connectivity index (χ2n) is 8.56. The summed E-state index contributed by atoms with van der Waals surface area (Å²) in [5, 5.41) is 0. The molecule has 164 valence electrons. The Morgan fingerprint density at radius 3 is 2.27 bits per heavy atom. The summed E-state index contributed by atoms with van der Waals surface area (Å²) in [7, 11) is 1.63.